The molecule has 0 bridgehead atoms. The first-order chi connectivity index (χ1) is 13.3. The molecule has 1 aliphatic heterocycles. The van der Waals surface area contributed by atoms with E-state index in [0.717, 1.165) is 42.8 Å². The Labute approximate surface area is 160 Å². The largest absolute Gasteiger partial charge is 0.338 e. The molecule has 1 aromatic heterocycles. The van der Waals surface area contributed by atoms with E-state index >= 15 is 0 Å². The molecule has 0 unspecified atom stereocenters. The van der Waals surface area contributed by atoms with Gasteiger partial charge in [0.2, 0.25) is 5.91 Å². The number of para-hydroxylation sites is 2. The van der Waals surface area contributed by atoms with Gasteiger partial charge >= 0.3 is 0 Å². The van der Waals surface area contributed by atoms with Crippen molar-refractivity contribution in [3.05, 3.63) is 78.6 Å². The molecule has 4 nitrogen and oxygen atoms in total. The summed E-state index contributed by atoms with van der Waals surface area (Å²) < 4.78 is 2.33. The van der Waals surface area contributed by atoms with Gasteiger partial charge in [-0.05, 0) is 30.5 Å². The van der Waals surface area contributed by atoms with Gasteiger partial charge < -0.3 is 9.47 Å². The third kappa shape index (κ3) is 3.65. The van der Waals surface area contributed by atoms with Crippen molar-refractivity contribution in [2.24, 2.45) is 0 Å². The SMILES string of the molecule is C=CCN1C[C@@H](c2nc3ccccc3n2CCCc2ccccc2)CC1=O. The number of imidazole rings is 1. The van der Waals surface area contributed by atoms with Gasteiger partial charge in [0.05, 0.1) is 11.0 Å². The van der Waals surface area contributed by atoms with Gasteiger partial charge in [-0.3, -0.25) is 4.79 Å². The van der Waals surface area contributed by atoms with E-state index in [1.807, 2.05) is 11.0 Å². The lowest BCUT2D eigenvalue weighted by Crippen LogP contribution is -2.25. The molecule has 1 fully saturated rings. The van der Waals surface area contributed by atoms with Crippen LogP contribution in [0.1, 0.15) is 30.1 Å². The van der Waals surface area contributed by atoms with Crippen LogP contribution in [-0.4, -0.2) is 33.4 Å². The van der Waals surface area contributed by atoms with Crippen molar-refractivity contribution < 1.29 is 4.79 Å². The molecular formula is C23H25N3O. The first-order valence-electron chi connectivity index (χ1n) is 9.64. The second-order valence-electron chi connectivity index (χ2n) is 7.19. The number of carbonyl (C=O) groups is 1. The Morgan fingerprint density at radius 2 is 1.89 bits per heavy atom. The fourth-order valence-electron chi connectivity index (χ4n) is 4.00. The van der Waals surface area contributed by atoms with Gasteiger partial charge in [0.1, 0.15) is 5.82 Å². The number of aryl methyl sites for hydroxylation is 2. The Kier molecular flexibility index (Phi) is 5.05. The number of aromatic nitrogens is 2. The van der Waals surface area contributed by atoms with Crippen molar-refractivity contribution in [1.82, 2.24) is 14.5 Å². The van der Waals surface area contributed by atoms with Gasteiger partial charge in [-0.1, -0.05) is 48.5 Å². The van der Waals surface area contributed by atoms with Crippen molar-refractivity contribution in [1.29, 1.82) is 0 Å². The Bertz CT molecular complexity index is 945. The fourth-order valence-corrected chi connectivity index (χ4v) is 4.00. The molecule has 1 saturated heterocycles. The topological polar surface area (TPSA) is 38.1 Å². The van der Waals surface area contributed by atoms with Crippen LogP contribution in [0.4, 0.5) is 0 Å². The van der Waals surface area contributed by atoms with E-state index in [0.29, 0.717) is 13.0 Å². The maximum Gasteiger partial charge on any atom is 0.223 e. The minimum absolute atomic E-state index is 0.154. The minimum Gasteiger partial charge on any atom is -0.338 e. The summed E-state index contributed by atoms with van der Waals surface area (Å²) in [4.78, 5) is 19.1. The average Bonchev–Trinajstić information content (AvgIpc) is 3.24. The summed E-state index contributed by atoms with van der Waals surface area (Å²) in [5.41, 5.74) is 3.54. The smallest absolute Gasteiger partial charge is 0.223 e. The van der Waals surface area contributed by atoms with Crippen LogP contribution < -0.4 is 0 Å². The molecule has 0 N–H and O–H groups in total. The molecular weight excluding hydrogens is 334 g/mol. The normalized spacial score (nSPS) is 17.0. The molecule has 2 heterocycles. The molecule has 0 aliphatic carbocycles. The summed E-state index contributed by atoms with van der Waals surface area (Å²) in [6, 6.07) is 18.9. The number of hydrogen-bond donors (Lipinski definition) is 0. The minimum atomic E-state index is 0.154. The van der Waals surface area contributed by atoms with Gasteiger partial charge in [-0.25, -0.2) is 4.98 Å². The molecule has 2 aromatic carbocycles. The van der Waals surface area contributed by atoms with E-state index in [1.54, 1.807) is 6.08 Å². The van der Waals surface area contributed by atoms with E-state index in [-0.39, 0.29) is 11.8 Å². The summed E-state index contributed by atoms with van der Waals surface area (Å²) in [5, 5.41) is 0. The zero-order chi connectivity index (χ0) is 18.6. The lowest BCUT2D eigenvalue weighted by molar-refractivity contribution is -0.127. The van der Waals surface area contributed by atoms with Crippen molar-refractivity contribution in [2.75, 3.05) is 13.1 Å². The summed E-state index contributed by atoms with van der Waals surface area (Å²) >= 11 is 0. The summed E-state index contributed by atoms with van der Waals surface area (Å²) in [6.07, 6.45) is 4.42. The number of rotatable bonds is 7. The molecule has 1 amide bonds. The third-order valence-corrected chi connectivity index (χ3v) is 5.30. The van der Waals surface area contributed by atoms with E-state index < -0.39 is 0 Å². The second-order valence-corrected chi connectivity index (χ2v) is 7.19. The van der Waals surface area contributed by atoms with Gasteiger partial charge in [-0.15, -0.1) is 6.58 Å². The van der Waals surface area contributed by atoms with Gasteiger partial charge in [0.15, 0.2) is 0 Å². The first kappa shape index (κ1) is 17.5. The molecule has 0 spiro atoms. The maximum absolute atomic E-state index is 12.3. The molecule has 1 aliphatic rings. The maximum atomic E-state index is 12.3. The molecule has 0 radical (unpaired) electrons. The van der Waals surface area contributed by atoms with Crippen LogP contribution in [0, 0.1) is 0 Å². The van der Waals surface area contributed by atoms with E-state index in [2.05, 4.69) is 59.7 Å². The van der Waals surface area contributed by atoms with Crippen LogP contribution in [0.5, 0.6) is 0 Å². The Morgan fingerprint density at radius 3 is 2.70 bits per heavy atom. The van der Waals surface area contributed by atoms with Crippen LogP contribution in [0.15, 0.2) is 67.3 Å². The van der Waals surface area contributed by atoms with Crippen molar-refractivity contribution in [3.8, 4) is 0 Å². The van der Waals surface area contributed by atoms with Crippen LogP contribution in [0.2, 0.25) is 0 Å². The monoisotopic (exact) mass is 359 g/mol. The van der Waals surface area contributed by atoms with Crippen LogP contribution in [-0.2, 0) is 17.8 Å². The van der Waals surface area contributed by atoms with Gasteiger partial charge in [0, 0.05) is 32.0 Å². The van der Waals surface area contributed by atoms with E-state index in [4.69, 9.17) is 4.98 Å². The van der Waals surface area contributed by atoms with Crippen molar-refractivity contribution in [3.63, 3.8) is 0 Å². The highest BCUT2D eigenvalue weighted by atomic mass is 16.2. The number of carbonyl (C=O) groups excluding carboxylic acids is 1. The Hall–Kier alpha value is -2.88. The molecule has 4 rings (SSSR count). The highest BCUT2D eigenvalue weighted by molar-refractivity contribution is 5.81. The van der Waals surface area contributed by atoms with Crippen LogP contribution in [0.3, 0.4) is 0 Å². The molecule has 27 heavy (non-hydrogen) atoms. The fraction of sp³-hybridized carbons (Fsp3) is 0.304. The van der Waals surface area contributed by atoms with E-state index in [9.17, 15) is 4.79 Å². The number of hydrogen-bond acceptors (Lipinski definition) is 2. The van der Waals surface area contributed by atoms with Crippen LogP contribution in [0.25, 0.3) is 11.0 Å². The van der Waals surface area contributed by atoms with E-state index in [1.165, 1.54) is 5.56 Å². The second kappa shape index (κ2) is 7.78. The number of amides is 1. The number of nitrogens with zero attached hydrogens (tertiary/aromatic N) is 3. The number of fused-ring (bicyclic) bond motifs is 1. The lowest BCUT2D eigenvalue weighted by atomic mass is 10.1. The molecule has 1 atom stereocenters. The lowest BCUT2D eigenvalue weighted by Gasteiger charge is -2.15. The standard InChI is InChI=1S/C23H25N3O/c1-2-14-25-17-19(16-22(25)27)23-24-20-12-6-7-13-21(20)26(23)15-8-11-18-9-4-3-5-10-18/h2-7,9-10,12-13,19H,1,8,11,14-17H2/t19-/m0/s1. The molecule has 4 heteroatoms. The summed E-state index contributed by atoms with van der Waals surface area (Å²) in [5.74, 6) is 1.40. The summed E-state index contributed by atoms with van der Waals surface area (Å²) in [6.45, 7) is 6.02. The predicted molar refractivity (Wildman–Crippen MR) is 109 cm³/mol. The van der Waals surface area contributed by atoms with Crippen molar-refractivity contribution in [2.45, 2.75) is 31.7 Å². The highest BCUT2D eigenvalue weighted by Gasteiger charge is 2.33. The Morgan fingerprint density at radius 1 is 1.11 bits per heavy atom. The zero-order valence-electron chi connectivity index (χ0n) is 15.6. The molecule has 3 aromatic rings. The van der Waals surface area contributed by atoms with Gasteiger partial charge in [0.25, 0.3) is 0 Å². The van der Waals surface area contributed by atoms with Crippen LogP contribution >= 0.6 is 0 Å². The molecule has 0 saturated carbocycles. The molecule has 138 valence electrons. The number of benzene rings is 2. The highest BCUT2D eigenvalue weighted by Crippen LogP contribution is 2.30. The predicted octanol–water partition coefficient (Wildman–Crippen LogP) is 4.17. The third-order valence-electron chi connectivity index (χ3n) is 5.30. The Balaban J connectivity index is 1.58. The van der Waals surface area contributed by atoms with Gasteiger partial charge in [-0.2, -0.15) is 0 Å². The van der Waals surface area contributed by atoms with Crippen molar-refractivity contribution >= 4 is 16.9 Å². The quantitative estimate of drug-likeness (QED) is 0.594. The number of likely N-dealkylation sites (tertiary alicyclic amines) is 1. The summed E-state index contributed by atoms with van der Waals surface area (Å²) in [7, 11) is 0. The zero-order valence-corrected chi connectivity index (χ0v) is 15.6. The first-order valence-corrected chi connectivity index (χ1v) is 9.64. The average molecular weight is 359 g/mol.